The molecule has 0 radical (unpaired) electrons. The van der Waals surface area contributed by atoms with Gasteiger partial charge in [-0.25, -0.2) is 0 Å². The van der Waals surface area contributed by atoms with Crippen LogP contribution in [-0.4, -0.2) is 13.1 Å². The third-order valence-electron chi connectivity index (χ3n) is 0.789. The lowest BCUT2D eigenvalue weighted by Crippen LogP contribution is -1.88. The van der Waals surface area contributed by atoms with Crippen molar-refractivity contribution in [2.24, 2.45) is 5.92 Å². The van der Waals surface area contributed by atoms with Crippen LogP contribution in [0.5, 0.6) is 0 Å². The molecule has 1 aliphatic rings. The second-order valence-electron chi connectivity index (χ2n) is 1.58. The minimum Gasteiger partial charge on any atom is -0.381 e. The van der Waals surface area contributed by atoms with E-state index in [0.717, 1.165) is 0 Å². The molecular weight excluding hydrogens is 76.1 g/mol. The Kier molecular flexibility index (Phi) is 0.489. The zero-order valence-electron chi connectivity index (χ0n) is 6.77. The Labute approximate surface area is 42.5 Å². The van der Waals surface area contributed by atoms with Gasteiger partial charge in [0.1, 0.15) is 0 Å². The van der Waals surface area contributed by atoms with E-state index in [-0.39, 0.29) is 5.92 Å². The average molecular weight is 89.2 g/mol. The highest BCUT2D eigenvalue weighted by Gasteiger charge is 2.07. The number of hydrogen-bond donors (Lipinski definition) is 0. The first kappa shape index (κ1) is 1.83. The molecule has 36 valence electrons. The molecule has 1 heterocycles. The summed E-state index contributed by atoms with van der Waals surface area (Å²) in [6, 6.07) is 0. The lowest BCUT2D eigenvalue weighted by molar-refractivity contribution is 0.188. The summed E-state index contributed by atoms with van der Waals surface area (Å²) in [6.45, 7) is -0.395. The van der Waals surface area contributed by atoms with E-state index in [1.807, 2.05) is 6.92 Å². The van der Waals surface area contributed by atoms with Crippen molar-refractivity contribution in [3.05, 3.63) is 0 Å². The van der Waals surface area contributed by atoms with Crippen molar-refractivity contribution in [1.82, 2.24) is 0 Å². The molecule has 0 aromatic heterocycles. The fourth-order valence-corrected chi connectivity index (χ4v) is 0.392. The third kappa shape index (κ3) is 0.716. The quantitative estimate of drug-likeness (QED) is 0.431. The summed E-state index contributed by atoms with van der Waals surface area (Å²) < 4.78 is 25.9. The van der Waals surface area contributed by atoms with Crippen LogP contribution in [0.1, 0.15) is 17.5 Å². The van der Waals surface area contributed by atoms with Crippen molar-refractivity contribution in [2.45, 2.75) is 13.3 Å². The van der Waals surface area contributed by atoms with Crippen molar-refractivity contribution < 1.29 is 8.85 Å². The van der Waals surface area contributed by atoms with Crippen LogP contribution in [0.2, 0.25) is 0 Å². The molecule has 6 heavy (non-hydrogen) atoms. The summed E-state index contributed by atoms with van der Waals surface area (Å²) in [5, 5.41) is 0. The van der Waals surface area contributed by atoms with Crippen molar-refractivity contribution in [3.8, 4) is 0 Å². The van der Waals surface area contributed by atoms with E-state index >= 15 is 0 Å². The molecule has 1 rings (SSSR count). The zero-order chi connectivity index (χ0) is 7.07. The Morgan fingerprint density at radius 2 is 2.83 bits per heavy atom. The molecule has 1 aliphatic heterocycles. The maximum atomic E-state index is 7.13. The van der Waals surface area contributed by atoms with Gasteiger partial charge in [-0.05, 0) is 12.3 Å². The average Bonchev–Trinajstić information content (AvgIpc) is 1.79. The van der Waals surface area contributed by atoms with Crippen LogP contribution < -0.4 is 0 Å². The molecule has 1 fully saturated rings. The normalized spacial score (nSPS) is 62.5. The summed E-state index contributed by atoms with van der Waals surface area (Å²) in [5.41, 5.74) is 0. The van der Waals surface area contributed by atoms with E-state index in [0.29, 0.717) is 6.42 Å². The van der Waals surface area contributed by atoms with Crippen LogP contribution in [0.4, 0.5) is 0 Å². The van der Waals surface area contributed by atoms with Gasteiger partial charge in [0, 0.05) is 13.1 Å². The lowest BCUT2D eigenvalue weighted by atomic mass is 10.2. The van der Waals surface area contributed by atoms with Crippen LogP contribution in [-0.2, 0) is 4.74 Å². The van der Waals surface area contributed by atoms with Gasteiger partial charge in [0.2, 0.25) is 0 Å². The molecule has 0 saturated carbocycles. The monoisotopic (exact) mass is 89.1 g/mol. The highest BCUT2D eigenvalue weighted by molar-refractivity contribution is 4.55. The predicted octanol–water partition coefficient (Wildman–Crippen LogP) is 1.04. The Morgan fingerprint density at radius 1 is 2.00 bits per heavy atom. The van der Waals surface area contributed by atoms with E-state index in [9.17, 15) is 0 Å². The van der Waals surface area contributed by atoms with Gasteiger partial charge in [-0.2, -0.15) is 0 Å². The fraction of sp³-hybridized carbons (Fsp3) is 1.00. The highest BCUT2D eigenvalue weighted by Crippen LogP contribution is 2.09. The maximum absolute atomic E-state index is 7.13. The minimum absolute atomic E-state index is 0.0278. The number of rotatable bonds is 0. The van der Waals surface area contributed by atoms with Gasteiger partial charge in [-0.3, -0.25) is 0 Å². The van der Waals surface area contributed by atoms with Gasteiger partial charge in [-0.1, -0.05) is 6.92 Å². The SMILES string of the molecule is [2H]C1OC([2H])([2H])CC1C. The smallest absolute Gasteiger partial charge is 0.0569 e. The maximum Gasteiger partial charge on any atom is 0.0569 e. The summed E-state index contributed by atoms with van der Waals surface area (Å²) in [6.07, 6.45) is 0.348. The second-order valence-corrected chi connectivity index (χ2v) is 1.58. The van der Waals surface area contributed by atoms with Crippen molar-refractivity contribution in [3.63, 3.8) is 0 Å². The molecule has 0 aromatic rings. The first-order valence-electron chi connectivity index (χ1n) is 3.69. The van der Waals surface area contributed by atoms with Crippen LogP contribution in [0.3, 0.4) is 0 Å². The van der Waals surface area contributed by atoms with Crippen LogP contribution in [0.25, 0.3) is 0 Å². The van der Waals surface area contributed by atoms with Gasteiger partial charge in [-0.15, -0.1) is 0 Å². The molecule has 2 atom stereocenters. The van der Waals surface area contributed by atoms with Crippen LogP contribution >= 0.6 is 0 Å². The Balaban J connectivity index is 2.54. The number of hydrogen-bond acceptors (Lipinski definition) is 1. The van der Waals surface area contributed by atoms with E-state index in [1.165, 1.54) is 0 Å². The third-order valence-corrected chi connectivity index (χ3v) is 0.789. The molecule has 0 N–H and O–H groups in total. The summed E-state index contributed by atoms with van der Waals surface area (Å²) in [5.74, 6) is 0.0278. The van der Waals surface area contributed by atoms with Crippen molar-refractivity contribution >= 4 is 0 Å². The number of ether oxygens (including phenoxy) is 1. The summed E-state index contributed by atoms with van der Waals surface area (Å²) in [4.78, 5) is 0. The second kappa shape index (κ2) is 1.61. The molecular formula is C5H10O. The molecule has 1 saturated heterocycles. The molecule has 0 aromatic carbocycles. The fourth-order valence-electron chi connectivity index (χ4n) is 0.392. The summed E-state index contributed by atoms with van der Waals surface area (Å²) >= 11 is 0. The van der Waals surface area contributed by atoms with E-state index < -0.39 is 13.1 Å². The van der Waals surface area contributed by atoms with Crippen LogP contribution in [0, 0.1) is 5.92 Å². The predicted molar refractivity (Wildman–Crippen MR) is 24.6 cm³/mol. The van der Waals surface area contributed by atoms with Gasteiger partial charge < -0.3 is 4.74 Å². The van der Waals surface area contributed by atoms with Crippen molar-refractivity contribution in [1.29, 1.82) is 0 Å². The zero-order valence-corrected chi connectivity index (χ0v) is 3.77. The van der Waals surface area contributed by atoms with Crippen molar-refractivity contribution in [2.75, 3.05) is 13.1 Å². The topological polar surface area (TPSA) is 9.23 Å². The summed E-state index contributed by atoms with van der Waals surface area (Å²) in [7, 11) is 0. The lowest BCUT2D eigenvalue weighted by Gasteiger charge is -1.89. The van der Waals surface area contributed by atoms with Gasteiger partial charge >= 0.3 is 0 Å². The standard InChI is InChI=1S/C5H10O/c1-5-2-3-6-4-5/h5H,2-4H2,1H3/i3D2,4D. The molecule has 0 spiro atoms. The largest absolute Gasteiger partial charge is 0.381 e. The first-order chi connectivity index (χ1) is 4.01. The van der Waals surface area contributed by atoms with E-state index in [2.05, 4.69) is 4.74 Å². The first-order valence-corrected chi connectivity index (χ1v) is 2.11. The molecule has 1 nitrogen and oxygen atoms in total. The molecule has 0 amide bonds. The van der Waals surface area contributed by atoms with Crippen LogP contribution in [0.15, 0.2) is 0 Å². The Morgan fingerprint density at radius 3 is 3.00 bits per heavy atom. The van der Waals surface area contributed by atoms with Gasteiger partial charge in [0.05, 0.1) is 4.11 Å². The minimum atomic E-state index is -1.55. The highest BCUT2D eigenvalue weighted by atomic mass is 16.5. The molecule has 2 unspecified atom stereocenters. The molecule has 0 aliphatic carbocycles. The van der Waals surface area contributed by atoms with E-state index in [1.54, 1.807) is 0 Å². The van der Waals surface area contributed by atoms with E-state index in [4.69, 9.17) is 4.11 Å². The Bertz CT molecular complexity index is 103. The molecule has 1 heteroatoms. The van der Waals surface area contributed by atoms with Gasteiger partial charge in [0.15, 0.2) is 0 Å². The Hall–Kier alpha value is -0.0400. The molecule has 0 bridgehead atoms. The van der Waals surface area contributed by atoms with Gasteiger partial charge in [0.25, 0.3) is 0 Å².